The van der Waals surface area contributed by atoms with Crippen LogP contribution in [0.15, 0.2) is 182 Å². The van der Waals surface area contributed by atoms with Crippen LogP contribution in [0.2, 0.25) is 0 Å². The molecule has 6 aromatic rings. The number of ketones is 6. The topological polar surface area (TPSA) is 537 Å². The Morgan fingerprint density at radius 3 is 0.882 bits per heavy atom. The molecule has 31 heteroatoms. The molecule has 0 bridgehead atoms. The molecule has 31 nitrogen and oxygen atoms in total. The summed E-state index contributed by atoms with van der Waals surface area (Å²) >= 11 is 0. The van der Waals surface area contributed by atoms with Crippen molar-refractivity contribution in [3.63, 3.8) is 0 Å². The van der Waals surface area contributed by atoms with Crippen molar-refractivity contribution in [3.8, 4) is 0 Å². The molecule has 0 radical (unpaired) electrons. The Kier molecular flexibility index (Phi) is 46.8. The van der Waals surface area contributed by atoms with Crippen LogP contribution in [0.1, 0.15) is 169 Å². The van der Waals surface area contributed by atoms with Crippen LogP contribution < -0.4 is 81.4 Å². The highest BCUT2D eigenvalue weighted by molar-refractivity contribution is 5.99. The van der Waals surface area contributed by atoms with E-state index < -0.39 is 126 Å². The van der Waals surface area contributed by atoms with Crippen molar-refractivity contribution in [2.45, 2.75) is 211 Å². The molecule has 0 saturated carbocycles. The lowest BCUT2D eigenvalue weighted by molar-refractivity contribution is -0.136. The van der Waals surface area contributed by atoms with E-state index >= 15 is 33.6 Å². The first-order valence-corrected chi connectivity index (χ1v) is 44.2. The third-order valence-corrected chi connectivity index (χ3v) is 22.2. The SMILES string of the molecule is CNC(CCCNC(=N)N)C(=O)CC(Cc1ccccc1)C(=O)NC(Cc1ccccc1)C(=O)NC(CCCNC(=N)N)C(=O)CC(Cc1ccccc1)C(=O)NC(Cc1ccccc1)C(=O)NC(CCCNC(=N)N)C(=O)CC(Cc1ccccc1)C(=O)NC(Cc1ccccc1)C(=O)CC(CCCNC(=N)N)C(=O)NCCCCCC(=O)CCCC(=O)C(C)C. The molecule has 23 N–H and O–H groups in total. The van der Waals surface area contributed by atoms with Gasteiger partial charge in [0.15, 0.2) is 47.0 Å². The number of benzene rings is 6. The van der Waals surface area contributed by atoms with E-state index in [4.69, 9.17) is 44.6 Å². The van der Waals surface area contributed by atoms with Gasteiger partial charge >= 0.3 is 0 Å². The van der Waals surface area contributed by atoms with Gasteiger partial charge in [0.05, 0.1) is 24.2 Å². The van der Waals surface area contributed by atoms with Gasteiger partial charge in [-0.05, 0) is 137 Å². The summed E-state index contributed by atoms with van der Waals surface area (Å²) in [5, 5.41) is 62.9. The third-order valence-electron chi connectivity index (χ3n) is 22.2. The fourth-order valence-electron chi connectivity index (χ4n) is 15.1. The maximum atomic E-state index is 15.6. The Morgan fingerprint density at radius 2 is 0.543 bits per heavy atom. The summed E-state index contributed by atoms with van der Waals surface area (Å²) in [6.07, 6.45) is 3.27. The maximum absolute atomic E-state index is 15.6. The molecule has 10 unspecified atom stereocenters. The number of nitrogens with two attached hydrogens (primary N) is 4. The molecule has 6 amide bonds. The zero-order chi connectivity index (χ0) is 92.3. The van der Waals surface area contributed by atoms with Gasteiger partial charge in [0.2, 0.25) is 35.4 Å². The number of carbonyl (C=O) groups is 12. The first-order chi connectivity index (χ1) is 61.0. The van der Waals surface area contributed by atoms with E-state index in [1.807, 2.05) is 44.2 Å². The highest BCUT2D eigenvalue weighted by Gasteiger charge is 2.38. The number of guanidine groups is 4. The molecule has 684 valence electrons. The molecule has 0 aliphatic carbocycles. The predicted molar refractivity (Wildman–Crippen MR) is 493 cm³/mol. The van der Waals surface area contributed by atoms with Gasteiger partial charge in [0.25, 0.3) is 0 Å². The third kappa shape index (κ3) is 41.3. The number of carbonyl (C=O) groups excluding carboxylic acids is 12. The van der Waals surface area contributed by atoms with Gasteiger partial charge < -0.3 is 81.4 Å². The summed E-state index contributed by atoms with van der Waals surface area (Å²) in [4.78, 5) is 176. The van der Waals surface area contributed by atoms with Crippen molar-refractivity contribution in [3.05, 3.63) is 215 Å². The standard InChI is InChI=1S/C96H133N19O12/c1-64(2)82(117)48-25-44-75(116)43-23-10-24-49-106-87(122)71(42-26-50-107-93(97)98)60-86(121)79(57-68-36-17-7-18-37-68)113-88(123)73(55-66-32-13-5-14-33-66)62-84(119)77(46-28-52-109-95(101)102)111-92(127)81(59-70-40-21-9-22-41-70)115-90(125)74(56-67-34-15-6-16-35-67)63-85(120)78(47-29-53-110-96(103)104)112-91(126)80(58-69-38-19-8-20-39-69)114-89(124)72(54-65-30-11-4-12-31-65)61-83(118)76(105-3)45-27-51-108-94(99)100/h4-9,11-22,30-41,64,71-74,76-81,105H,10,23-29,42-63H2,1-3H3,(H,106,122)(H,111,127)(H,112,126)(H,113,123)(H,114,124)(H,115,125)(H4,97,98,107)(H4,99,100,108)(H4,101,102,109)(H4,103,104,110). The van der Waals surface area contributed by atoms with Crippen molar-refractivity contribution < 1.29 is 57.5 Å². The summed E-state index contributed by atoms with van der Waals surface area (Å²) in [6, 6.07) is 46.2. The predicted octanol–water partition coefficient (Wildman–Crippen LogP) is 6.45. The minimum absolute atomic E-state index is 0.00177. The summed E-state index contributed by atoms with van der Waals surface area (Å²) in [5.41, 5.74) is 26.5. The van der Waals surface area contributed by atoms with Gasteiger partial charge in [-0.3, -0.25) is 79.2 Å². The number of amides is 6. The number of hydrogen-bond acceptors (Lipinski definition) is 17. The van der Waals surface area contributed by atoms with Crippen LogP contribution in [0, 0.1) is 51.2 Å². The minimum Gasteiger partial charge on any atom is -0.370 e. The molecule has 0 aliphatic rings. The second-order valence-corrected chi connectivity index (χ2v) is 32.8. The monoisotopic (exact) mass is 1740 g/mol. The molecule has 6 aromatic carbocycles. The molecular formula is C96H133N19O12. The number of likely N-dealkylation sites (N-methyl/N-ethyl adjacent to an activating group) is 1. The zero-order valence-corrected chi connectivity index (χ0v) is 73.6. The molecule has 0 spiro atoms. The average Bonchev–Trinajstić information content (AvgIpc) is 0.835. The highest BCUT2D eigenvalue weighted by Crippen LogP contribution is 2.24. The van der Waals surface area contributed by atoms with Crippen molar-refractivity contribution in [1.29, 1.82) is 21.6 Å². The Morgan fingerprint density at radius 1 is 0.268 bits per heavy atom. The van der Waals surface area contributed by atoms with Crippen LogP contribution in [0.4, 0.5) is 0 Å². The fraction of sp³-hybridized carbons (Fsp3) is 0.458. The van der Waals surface area contributed by atoms with Crippen molar-refractivity contribution >= 4 is 94.0 Å². The summed E-state index contributed by atoms with van der Waals surface area (Å²) in [6.45, 7) is 4.69. The largest absolute Gasteiger partial charge is 0.370 e. The molecular weight excluding hydrogens is 1610 g/mol. The van der Waals surface area contributed by atoms with Crippen molar-refractivity contribution in [1.82, 2.24) is 58.5 Å². The van der Waals surface area contributed by atoms with Crippen LogP contribution in [0.5, 0.6) is 0 Å². The Bertz CT molecular complexity index is 4490. The minimum atomic E-state index is -1.44. The zero-order valence-electron chi connectivity index (χ0n) is 73.6. The van der Waals surface area contributed by atoms with E-state index in [1.54, 1.807) is 159 Å². The molecule has 10 atom stereocenters. The van der Waals surface area contributed by atoms with Crippen LogP contribution >= 0.6 is 0 Å². The maximum Gasteiger partial charge on any atom is 0.243 e. The number of unbranched alkanes of at least 4 members (excludes halogenated alkanes) is 2. The molecule has 0 aliphatic heterocycles. The van der Waals surface area contributed by atoms with Gasteiger partial charge in [-0.15, -0.1) is 0 Å². The Hall–Kier alpha value is -12.8. The Labute approximate surface area is 746 Å². The summed E-state index contributed by atoms with van der Waals surface area (Å²) in [7, 11) is 1.64. The van der Waals surface area contributed by atoms with Crippen LogP contribution in [-0.2, 0) is 96.1 Å². The molecule has 6 rings (SSSR count). The smallest absolute Gasteiger partial charge is 0.243 e. The number of hydrogen-bond donors (Lipinski definition) is 19. The van der Waals surface area contributed by atoms with E-state index in [-0.39, 0.29) is 157 Å². The fourth-order valence-corrected chi connectivity index (χ4v) is 15.1. The van der Waals surface area contributed by atoms with E-state index in [0.717, 1.165) is 5.56 Å². The number of rotatable bonds is 63. The first-order valence-electron chi connectivity index (χ1n) is 44.2. The van der Waals surface area contributed by atoms with Crippen molar-refractivity contribution in [2.75, 3.05) is 39.8 Å². The number of Topliss-reactive ketones (excluding diaryl/α,β-unsaturated/α-hetero) is 6. The van der Waals surface area contributed by atoms with Crippen molar-refractivity contribution in [2.24, 2.45) is 52.5 Å². The van der Waals surface area contributed by atoms with E-state index in [0.29, 0.717) is 98.6 Å². The van der Waals surface area contributed by atoms with Gasteiger partial charge in [0.1, 0.15) is 23.7 Å². The van der Waals surface area contributed by atoms with Gasteiger partial charge in [-0.2, -0.15) is 0 Å². The molecule has 0 fully saturated rings. The average molecular weight is 1750 g/mol. The summed E-state index contributed by atoms with van der Waals surface area (Å²) in [5.74, 6) is -11.3. The lowest BCUT2D eigenvalue weighted by atomic mass is 9.88. The van der Waals surface area contributed by atoms with Crippen LogP contribution in [-0.4, -0.2) is 170 Å². The molecule has 0 aromatic heterocycles. The molecule has 127 heavy (non-hydrogen) atoms. The quantitative estimate of drug-likeness (QED) is 0.0111. The van der Waals surface area contributed by atoms with Gasteiger partial charge in [0, 0.05) is 120 Å². The van der Waals surface area contributed by atoms with E-state index in [2.05, 4.69) is 58.5 Å². The molecule has 0 heterocycles. The van der Waals surface area contributed by atoms with Gasteiger partial charge in [-0.1, -0.05) is 202 Å². The highest BCUT2D eigenvalue weighted by atomic mass is 16.2. The van der Waals surface area contributed by atoms with Crippen LogP contribution in [0.3, 0.4) is 0 Å². The Balaban J connectivity index is 1.30. The lowest BCUT2D eigenvalue weighted by Gasteiger charge is -2.28. The van der Waals surface area contributed by atoms with Crippen LogP contribution in [0.25, 0.3) is 0 Å². The summed E-state index contributed by atoms with van der Waals surface area (Å²) < 4.78 is 0. The van der Waals surface area contributed by atoms with E-state index in [9.17, 15) is 24.0 Å². The second-order valence-electron chi connectivity index (χ2n) is 32.8. The normalized spacial score (nSPS) is 13.4. The number of nitrogens with one attached hydrogen (secondary N) is 15. The van der Waals surface area contributed by atoms with E-state index in [1.165, 1.54) is 0 Å². The second kappa shape index (κ2) is 57.7. The lowest BCUT2D eigenvalue weighted by Crippen LogP contribution is -2.55. The van der Waals surface area contributed by atoms with Gasteiger partial charge in [-0.25, -0.2) is 0 Å². The molecule has 0 saturated heterocycles. The first kappa shape index (κ1) is 103.